The Balaban J connectivity index is 1.17. The first-order valence-corrected chi connectivity index (χ1v) is 16.2. The van der Waals surface area contributed by atoms with Gasteiger partial charge in [0.2, 0.25) is 0 Å². The van der Waals surface area contributed by atoms with E-state index in [-0.39, 0.29) is 0 Å². The Hall–Kier alpha value is -5.95. The first kappa shape index (κ1) is 26.5. The van der Waals surface area contributed by atoms with E-state index in [1.54, 1.807) is 0 Å². The van der Waals surface area contributed by atoms with E-state index in [9.17, 15) is 5.26 Å². The maximum atomic E-state index is 10.1. The van der Waals surface area contributed by atoms with Crippen LogP contribution < -0.4 is 0 Å². The quantitative estimate of drug-likeness (QED) is 0.197. The molecule has 0 unspecified atom stereocenters. The van der Waals surface area contributed by atoms with Crippen LogP contribution >= 0.6 is 11.3 Å². The van der Waals surface area contributed by atoms with Crippen molar-refractivity contribution in [1.82, 2.24) is 4.57 Å². The molecular formula is C43H26N2S. The number of aromatic nitrogens is 1. The smallest absolute Gasteiger partial charge is 0.0992 e. The number of para-hydroxylation sites is 2. The zero-order valence-corrected chi connectivity index (χ0v) is 25.6. The average Bonchev–Trinajstić information content (AvgIpc) is 3.67. The van der Waals surface area contributed by atoms with Gasteiger partial charge in [-0.2, -0.15) is 5.26 Å². The van der Waals surface area contributed by atoms with Crippen molar-refractivity contribution in [3.05, 3.63) is 163 Å². The Morgan fingerprint density at radius 3 is 1.98 bits per heavy atom. The Morgan fingerprint density at radius 1 is 0.457 bits per heavy atom. The molecule has 0 aliphatic rings. The van der Waals surface area contributed by atoms with Gasteiger partial charge in [0.05, 0.1) is 22.7 Å². The lowest BCUT2D eigenvalue weighted by atomic mass is 9.93. The van der Waals surface area contributed by atoms with Crippen LogP contribution in [0.2, 0.25) is 0 Å². The van der Waals surface area contributed by atoms with Crippen LogP contribution in [0.1, 0.15) is 5.56 Å². The molecule has 214 valence electrons. The van der Waals surface area contributed by atoms with Crippen LogP contribution in [0.4, 0.5) is 0 Å². The normalized spacial score (nSPS) is 11.5. The molecule has 0 spiro atoms. The molecule has 0 aliphatic heterocycles. The maximum absolute atomic E-state index is 10.1. The lowest BCUT2D eigenvalue weighted by molar-refractivity contribution is 1.18. The summed E-state index contributed by atoms with van der Waals surface area (Å²) in [5.41, 5.74) is 10.9. The monoisotopic (exact) mass is 602 g/mol. The molecule has 2 nitrogen and oxygen atoms in total. The minimum absolute atomic E-state index is 0.658. The van der Waals surface area contributed by atoms with Crippen LogP contribution in [0.3, 0.4) is 0 Å². The number of rotatable bonds is 4. The molecule has 0 saturated heterocycles. The predicted molar refractivity (Wildman–Crippen MR) is 195 cm³/mol. The minimum atomic E-state index is 0.658. The number of fused-ring (bicyclic) bond motifs is 6. The van der Waals surface area contributed by atoms with Gasteiger partial charge in [-0.15, -0.1) is 11.3 Å². The summed E-state index contributed by atoms with van der Waals surface area (Å²) >= 11 is 1.82. The van der Waals surface area contributed by atoms with Crippen LogP contribution in [0, 0.1) is 11.3 Å². The lowest BCUT2D eigenvalue weighted by Crippen LogP contribution is -1.92. The SMILES string of the molecule is N#Cc1cc(-c2cccc(-c3ccc4c(c3)c3ccccc3n4-c3ccccc3)c2)cc(-c2cccc3c2sc2ccccc23)c1. The van der Waals surface area contributed by atoms with E-state index < -0.39 is 0 Å². The fourth-order valence-corrected chi connectivity index (χ4v) is 8.11. The fraction of sp³-hybridized carbons (Fsp3) is 0. The van der Waals surface area contributed by atoms with Crippen molar-refractivity contribution in [2.24, 2.45) is 0 Å². The van der Waals surface area contributed by atoms with E-state index >= 15 is 0 Å². The van der Waals surface area contributed by atoms with E-state index in [2.05, 4.69) is 156 Å². The zero-order valence-electron chi connectivity index (χ0n) is 24.8. The molecule has 0 bridgehead atoms. The third kappa shape index (κ3) is 4.24. The second kappa shape index (κ2) is 10.6. The summed E-state index contributed by atoms with van der Waals surface area (Å²) in [6, 6.07) is 58.4. The van der Waals surface area contributed by atoms with Crippen LogP contribution in [-0.2, 0) is 0 Å². The number of nitriles is 1. The molecule has 0 N–H and O–H groups in total. The standard InChI is InChI=1S/C43H26N2S/c44-27-28-22-32(25-33(23-28)35-16-9-17-38-37-15-5-7-19-42(37)46-43(35)38)30-11-8-10-29(24-30)31-20-21-41-39(26-31)36-14-4-6-18-40(36)45(41)34-12-2-1-3-13-34/h1-26H. The summed E-state index contributed by atoms with van der Waals surface area (Å²) in [6.45, 7) is 0. The summed E-state index contributed by atoms with van der Waals surface area (Å²) in [5.74, 6) is 0. The molecule has 0 radical (unpaired) electrons. The van der Waals surface area contributed by atoms with Crippen LogP contribution in [0.5, 0.6) is 0 Å². The van der Waals surface area contributed by atoms with Crippen LogP contribution in [-0.4, -0.2) is 4.57 Å². The van der Waals surface area contributed by atoms with E-state index in [4.69, 9.17) is 0 Å². The first-order chi connectivity index (χ1) is 22.7. The molecule has 0 saturated carbocycles. The maximum Gasteiger partial charge on any atom is 0.0992 e. The molecule has 0 aliphatic carbocycles. The summed E-state index contributed by atoms with van der Waals surface area (Å²) < 4.78 is 4.87. The number of hydrogen-bond acceptors (Lipinski definition) is 2. The third-order valence-electron chi connectivity index (χ3n) is 8.99. The molecule has 9 aromatic rings. The van der Waals surface area contributed by atoms with Crippen molar-refractivity contribution in [1.29, 1.82) is 5.26 Å². The lowest BCUT2D eigenvalue weighted by Gasteiger charge is -2.11. The second-order valence-corrected chi connectivity index (χ2v) is 12.7. The summed E-state index contributed by atoms with van der Waals surface area (Å²) in [6.07, 6.45) is 0. The van der Waals surface area contributed by atoms with Crippen LogP contribution in [0.15, 0.2) is 158 Å². The van der Waals surface area contributed by atoms with Gasteiger partial charge in [-0.25, -0.2) is 0 Å². The van der Waals surface area contributed by atoms with Gasteiger partial charge in [0, 0.05) is 36.6 Å². The van der Waals surface area contributed by atoms with Crippen molar-refractivity contribution < 1.29 is 0 Å². The van der Waals surface area contributed by atoms with Gasteiger partial charge in [0.25, 0.3) is 0 Å². The number of nitrogens with zero attached hydrogens (tertiary/aromatic N) is 2. The second-order valence-electron chi connectivity index (χ2n) is 11.7. The minimum Gasteiger partial charge on any atom is -0.309 e. The Labute approximate surface area is 270 Å². The summed E-state index contributed by atoms with van der Waals surface area (Å²) in [7, 11) is 0. The zero-order chi connectivity index (χ0) is 30.6. The molecule has 2 aromatic heterocycles. The average molecular weight is 603 g/mol. The number of benzene rings is 7. The summed E-state index contributed by atoms with van der Waals surface area (Å²) in [5, 5.41) is 15.1. The highest BCUT2D eigenvalue weighted by Crippen LogP contribution is 2.41. The molecule has 3 heteroatoms. The molecule has 0 amide bonds. The van der Waals surface area contributed by atoms with E-state index in [0.29, 0.717) is 5.56 Å². The van der Waals surface area contributed by atoms with Gasteiger partial charge in [-0.1, -0.05) is 97.1 Å². The van der Waals surface area contributed by atoms with Gasteiger partial charge in [-0.3, -0.25) is 0 Å². The molecule has 7 aromatic carbocycles. The summed E-state index contributed by atoms with van der Waals surface area (Å²) in [4.78, 5) is 0. The third-order valence-corrected chi connectivity index (χ3v) is 10.2. The van der Waals surface area contributed by atoms with Gasteiger partial charge in [0.15, 0.2) is 0 Å². The highest BCUT2D eigenvalue weighted by Gasteiger charge is 2.15. The largest absolute Gasteiger partial charge is 0.309 e. The van der Waals surface area contributed by atoms with Gasteiger partial charge < -0.3 is 4.57 Å². The van der Waals surface area contributed by atoms with E-state index in [0.717, 1.165) is 39.1 Å². The van der Waals surface area contributed by atoms with Crippen molar-refractivity contribution in [3.8, 4) is 45.1 Å². The molecule has 0 atom stereocenters. The van der Waals surface area contributed by atoms with E-state index in [1.807, 2.05) is 23.5 Å². The van der Waals surface area contributed by atoms with Gasteiger partial charge >= 0.3 is 0 Å². The molecule has 0 fully saturated rings. The molecule has 46 heavy (non-hydrogen) atoms. The molecular weight excluding hydrogens is 577 g/mol. The Kier molecular flexibility index (Phi) is 6.09. The number of thiophene rings is 1. The van der Waals surface area contributed by atoms with Crippen molar-refractivity contribution in [2.75, 3.05) is 0 Å². The Bertz CT molecular complexity index is 2650. The van der Waals surface area contributed by atoms with Crippen LogP contribution in [0.25, 0.3) is 81.0 Å². The predicted octanol–water partition coefficient (Wildman–Crippen LogP) is 12.0. The first-order valence-electron chi connectivity index (χ1n) is 15.4. The Morgan fingerprint density at radius 2 is 1.11 bits per heavy atom. The van der Waals surface area contributed by atoms with Crippen molar-refractivity contribution in [2.45, 2.75) is 0 Å². The number of hydrogen-bond donors (Lipinski definition) is 0. The van der Waals surface area contributed by atoms with E-state index in [1.165, 1.54) is 42.0 Å². The van der Waals surface area contributed by atoms with Gasteiger partial charge in [0.1, 0.15) is 0 Å². The molecule has 9 rings (SSSR count). The molecule has 2 heterocycles. The fourth-order valence-electron chi connectivity index (χ4n) is 6.87. The van der Waals surface area contributed by atoms with Gasteiger partial charge in [-0.05, 0) is 94.0 Å². The van der Waals surface area contributed by atoms with Crippen molar-refractivity contribution in [3.63, 3.8) is 0 Å². The van der Waals surface area contributed by atoms with Crippen molar-refractivity contribution >= 4 is 53.3 Å². The topological polar surface area (TPSA) is 28.7 Å². The highest BCUT2D eigenvalue weighted by molar-refractivity contribution is 7.26. The highest BCUT2D eigenvalue weighted by atomic mass is 32.1.